The number of hydrogen-bond acceptors (Lipinski definition) is 2. The van der Waals surface area contributed by atoms with Gasteiger partial charge in [0.1, 0.15) is 5.82 Å². The molecule has 1 saturated carbocycles. The molecule has 0 atom stereocenters. The first-order chi connectivity index (χ1) is 9.30. The Kier molecular flexibility index (Phi) is 4.34. The zero-order valence-corrected chi connectivity index (χ0v) is 10.9. The van der Waals surface area contributed by atoms with Gasteiger partial charge in [-0.3, -0.25) is 0 Å². The van der Waals surface area contributed by atoms with Crippen LogP contribution in [0.5, 0.6) is 0 Å². The van der Waals surface area contributed by atoms with Crippen molar-refractivity contribution in [2.45, 2.75) is 44.0 Å². The third-order valence-corrected chi connectivity index (χ3v) is 3.68. The van der Waals surface area contributed by atoms with Gasteiger partial charge in [-0.1, -0.05) is 18.9 Å². The maximum Gasteiger partial charge on any atom is 0.416 e. The summed E-state index contributed by atoms with van der Waals surface area (Å²) in [5.41, 5.74) is -1.80. The second-order valence-corrected chi connectivity index (χ2v) is 5.33. The molecule has 6 heteroatoms. The summed E-state index contributed by atoms with van der Waals surface area (Å²) in [6.45, 7) is 0.207. The molecule has 0 unspecified atom stereocenters. The van der Waals surface area contributed by atoms with Gasteiger partial charge in [-0.2, -0.15) is 13.2 Å². The maximum absolute atomic E-state index is 12.9. The first-order valence-electron chi connectivity index (χ1n) is 6.59. The van der Waals surface area contributed by atoms with E-state index in [0.29, 0.717) is 18.9 Å². The Labute approximate surface area is 114 Å². The molecule has 0 amide bonds. The Balaban J connectivity index is 2.02. The molecule has 0 radical (unpaired) electrons. The lowest BCUT2D eigenvalue weighted by molar-refractivity contribution is -0.138. The summed E-state index contributed by atoms with van der Waals surface area (Å²) < 4.78 is 51.3. The van der Waals surface area contributed by atoms with Crippen LogP contribution in [-0.2, 0) is 12.7 Å². The average Bonchev–Trinajstić information content (AvgIpc) is 2.77. The van der Waals surface area contributed by atoms with Gasteiger partial charge in [-0.25, -0.2) is 4.39 Å². The standard InChI is InChI=1S/C14H17F4NO/c15-11-4-3-10(12(7-11)14(16,17)18)8-19-9-13(20)5-1-2-6-13/h3-4,7,19-20H,1-2,5-6,8-9H2. The van der Waals surface area contributed by atoms with Crippen LogP contribution < -0.4 is 5.32 Å². The summed E-state index contributed by atoms with van der Waals surface area (Å²) in [6.07, 6.45) is -1.39. The lowest BCUT2D eigenvalue weighted by Gasteiger charge is -2.23. The van der Waals surface area contributed by atoms with Gasteiger partial charge in [0, 0.05) is 13.1 Å². The summed E-state index contributed by atoms with van der Waals surface area (Å²) in [5.74, 6) is -0.907. The molecule has 2 nitrogen and oxygen atoms in total. The van der Waals surface area contributed by atoms with Crippen molar-refractivity contribution in [3.05, 3.63) is 35.1 Å². The monoisotopic (exact) mass is 291 g/mol. The molecule has 20 heavy (non-hydrogen) atoms. The summed E-state index contributed by atoms with van der Waals surface area (Å²) in [5, 5.41) is 12.9. The van der Waals surface area contributed by atoms with E-state index in [1.54, 1.807) is 0 Å². The highest BCUT2D eigenvalue weighted by Crippen LogP contribution is 2.33. The SMILES string of the molecule is OC1(CNCc2ccc(F)cc2C(F)(F)F)CCCC1. The van der Waals surface area contributed by atoms with Crippen LogP contribution in [0.1, 0.15) is 36.8 Å². The zero-order chi connectivity index (χ0) is 14.8. The number of aliphatic hydroxyl groups is 1. The first-order valence-corrected chi connectivity index (χ1v) is 6.59. The topological polar surface area (TPSA) is 32.3 Å². The smallest absolute Gasteiger partial charge is 0.389 e. The van der Waals surface area contributed by atoms with E-state index in [1.807, 2.05) is 0 Å². The Hall–Kier alpha value is -1.14. The van der Waals surface area contributed by atoms with Gasteiger partial charge >= 0.3 is 6.18 Å². The van der Waals surface area contributed by atoms with Crippen molar-refractivity contribution in [1.82, 2.24) is 5.32 Å². The number of halogens is 4. The predicted molar refractivity (Wildman–Crippen MR) is 66.5 cm³/mol. The van der Waals surface area contributed by atoms with Gasteiger partial charge in [0.15, 0.2) is 0 Å². The fraction of sp³-hybridized carbons (Fsp3) is 0.571. The molecule has 0 bridgehead atoms. The lowest BCUT2D eigenvalue weighted by atomic mass is 10.0. The molecule has 1 aliphatic carbocycles. The van der Waals surface area contributed by atoms with Crippen molar-refractivity contribution < 1.29 is 22.7 Å². The van der Waals surface area contributed by atoms with E-state index in [4.69, 9.17) is 0 Å². The molecule has 2 rings (SSSR count). The fourth-order valence-electron chi connectivity index (χ4n) is 2.61. The summed E-state index contributed by atoms with van der Waals surface area (Å²) in [6, 6.07) is 2.64. The molecule has 0 aliphatic heterocycles. The highest BCUT2D eigenvalue weighted by atomic mass is 19.4. The van der Waals surface area contributed by atoms with Crippen LogP contribution >= 0.6 is 0 Å². The highest BCUT2D eigenvalue weighted by molar-refractivity contribution is 5.30. The highest BCUT2D eigenvalue weighted by Gasteiger charge is 2.34. The fourth-order valence-corrected chi connectivity index (χ4v) is 2.61. The minimum Gasteiger partial charge on any atom is -0.389 e. The van der Waals surface area contributed by atoms with Crippen molar-refractivity contribution in [3.63, 3.8) is 0 Å². The third kappa shape index (κ3) is 3.70. The van der Waals surface area contributed by atoms with Crippen LogP contribution in [0.25, 0.3) is 0 Å². The normalized spacial score (nSPS) is 18.4. The van der Waals surface area contributed by atoms with Gasteiger partial charge < -0.3 is 10.4 Å². The molecule has 112 valence electrons. The second kappa shape index (κ2) is 5.69. The van der Waals surface area contributed by atoms with Crippen LogP contribution in [0.2, 0.25) is 0 Å². The molecule has 1 aromatic rings. The minimum absolute atomic E-state index is 0.0134. The molecule has 2 N–H and O–H groups in total. The van der Waals surface area contributed by atoms with Crippen molar-refractivity contribution in [2.24, 2.45) is 0 Å². The molecular formula is C14H17F4NO. The van der Waals surface area contributed by atoms with Gasteiger partial charge in [0.25, 0.3) is 0 Å². The maximum atomic E-state index is 12.9. The average molecular weight is 291 g/mol. The van der Waals surface area contributed by atoms with Crippen LogP contribution in [0.4, 0.5) is 17.6 Å². The third-order valence-electron chi connectivity index (χ3n) is 3.68. The van der Waals surface area contributed by atoms with Gasteiger partial charge in [-0.05, 0) is 30.5 Å². The van der Waals surface area contributed by atoms with Crippen molar-refractivity contribution >= 4 is 0 Å². The van der Waals surface area contributed by atoms with Crippen molar-refractivity contribution in [3.8, 4) is 0 Å². The molecule has 0 aromatic heterocycles. The van der Waals surface area contributed by atoms with E-state index in [2.05, 4.69) is 5.32 Å². The van der Waals surface area contributed by atoms with Gasteiger partial charge in [0.2, 0.25) is 0 Å². The van der Waals surface area contributed by atoms with E-state index in [0.717, 1.165) is 25.0 Å². The van der Waals surface area contributed by atoms with Crippen LogP contribution in [0.3, 0.4) is 0 Å². The summed E-state index contributed by atoms with van der Waals surface area (Å²) in [4.78, 5) is 0. The number of rotatable bonds is 4. The summed E-state index contributed by atoms with van der Waals surface area (Å²) >= 11 is 0. The van der Waals surface area contributed by atoms with E-state index < -0.39 is 23.2 Å². The second-order valence-electron chi connectivity index (χ2n) is 5.33. The number of alkyl halides is 3. The molecule has 0 heterocycles. The van der Waals surface area contributed by atoms with E-state index in [1.165, 1.54) is 0 Å². The minimum atomic E-state index is -4.58. The predicted octanol–water partition coefficient (Wildman–Crippen LogP) is 3.24. The number of benzene rings is 1. The zero-order valence-electron chi connectivity index (χ0n) is 10.9. The quantitative estimate of drug-likeness (QED) is 0.835. The Bertz CT molecular complexity index is 467. The molecule has 0 saturated heterocycles. The Morgan fingerprint density at radius 3 is 2.45 bits per heavy atom. The first kappa shape index (κ1) is 15.3. The molecule has 0 spiro atoms. The molecule has 1 aromatic carbocycles. The lowest BCUT2D eigenvalue weighted by Crippen LogP contribution is -2.37. The van der Waals surface area contributed by atoms with Crippen LogP contribution in [0, 0.1) is 5.82 Å². The Morgan fingerprint density at radius 1 is 1.20 bits per heavy atom. The molecule has 1 fully saturated rings. The van der Waals surface area contributed by atoms with Crippen LogP contribution in [0.15, 0.2) is 18.2 Å². The Morgan fingerprint density at radius 2 is 1.85 bits per heavy atom. The van der Waals surface area contributed by atoms with Gasteiger partial charge in [0.05, 0.1) is 11.2 Å². The largest absolute Gasteiger partial charge is 0.416 e. The molecular weight excluding hydrogens is 274 g/mol. The number of hydrogen-bond donors (Lipinski definition) is 2. The molecule has 1 aliphatic rings. The number of nitrogens with one attached hydrogen (secondary N) is 1. The summed E-state index contributed by atoms with van der Waals surface area (Å²) in [7, 11) is 0. The van der Waals surface area contributed by atoms with Crippen molar-refractivity contribution in [2.75, 3.05) is 6.54 Å². The van der Waals surface area contributed by atoms with Crippen molar-refractivity contribution in [1.29, 1.82) is 0 Å². The van der Waals surface area contributed by atoms with E-state index in [9.17, 15) is 22.7 Å². The van der Waals surface area contributed by atoms with E-state index in [-0.39, 0.29) is 18.7 Å². The van der Waals surface area contributed by atoms with Crippen LogP contribution in [-0.4, -0.2) is 17.3 Å². The van der Waals surface area contributed by atoms with E-state index >= 15 is 0 Å². The van der Waals surface area contributed by atoms with Gasteiger partial charge in [-0.15, -0.1) is 0 Å².